The van der Waals surface area contributed by atoms with Gasteiger partial charge in [-0.25, -0.2) is 4.98 Å². The minimum absolute atomic E-state index is 0.204. The molecule has 0 atom stereocenters. The van der Waals surface area contributed by atoms with Gasteiger partial charge >= 0.3 is 5.97 Å². The number of aryl methyl sites for hydroxylation is 1. The predicted molar refractivity (Wildman–Crippen MR) is 81.1 cm³/mol. The first-order valence-electron chi connectivity index (χ1n) is 7.62. The summed E-state index contributed by atoms with van der Waals surface area (Å²) in [5.41, 5.74) is 2.11. The molecule has 112 valence electrons. The zero-order chi connectivity index (χ0) is 14.7. The SMILES string of the molecule is O=C(O)CCCn1c(CN2CCCC2)nc2ccccc21. The number of benzene rings is 1. The predicted octanol–water partition coefficient (Wildman–Crippen LogP) is 2.50. The van der Waals surface area contributed by atoms with Gasteiger partial charge in [0.1, 0.15) is 5.82 Å². The number of hydrogen-bond donors (Lipinski definition) is 1. The molecular weight excluding hydrogens is 266 g/mol. The number of carboxylic acids is 1. The largest absolute Gasteiger partial charge is 0.481 e. The molecule has 0 aliphatic carbocycles. The Hall–Kier alpha value is -1.88. The van der Waals surface area contributed by atoms with E-state index in [2.05, 4.69) is 15.5 Å². The summed E-state index contributed by atoms with van der Waals surface area (Å²) in [6.07, 6.45) is 3.37. The Balaban J connectivity index is 1.83. The quantitative estimate of drug-likeness (QED) is 0.887. The van der Waals surface area contributed by atoms with Gasteiger partial charge in [0.2, 0.25) is 0 Å². The molecule has 0 radical (unpaired) electrons. The molecule has 0 amide bonds. The van der Waals surface area contributed by atoms with E-state index in [-0.39, 0.29) is 6.42 Å². The average molecular weight is 287 g/mol. The van der Waals surface area contributed by atoms with Crippen LogP contribution in [0.5, 0.6) is 0 Å². The number of nitrogens with zero attached hydrogens (tertiary/aromatic N) is 3. The van der Waals surface area contributed by atoms with Crippen molar-refractivity contribution in [3.63, 3.8) is 0 Å². The molecule has 1 saturated heterocycles. The molecule has 0 unspecified atom stereocenters. The second-order valence-corrected chi connectivity index (χ2v) is 5.65. The number of hydrogen-bond acceptors (Lipinski definition) is 3. The zero-order valence-electron chi connectivity index (χ0n) is 12.2. The maximum absolute atomic E-state index is 10.7. The minimum atomic E-state index is -0.736. The molecule has 1 aliphatic rings. The smallest absolute Gasteiger partial charge is 0.303 e. The number of rotatable bonds is 6. The van der Waals surface area contributed by atoms with Crippen molar-refractivity contribution < 1.29 is 9.90 Å². The molecule has 0 saturated carbocycles. The Morgan fingerprint density at radius 3 is 2.76 bits per heavy atom. The first-order valence-corrected chi connectivity index (χ1v) is 7.62. The summed E-state index contributed by atoms with van der Waals surface area (Å²) >= 11 is 0. The highest BCUT2D eigenvalue weighted by molar-refractivity contribution is 5.76. The van der Waals surface area contributed by atoms with Gasteiger partial charge in [0.05, 0.1) is 17.6 Å². The maximum atomic E-state index is 10.7. The van der Waals surface area contributed by atoms with E-state index in [9.17, 15) is 4.79 Å². The van der Waals surface area contributed by atoms with Crippen molar-refractivity contribution >= 4 is 17.0 Å². The van der Waals surface area contributed by atoms with Gasteiger partial charge in [0, 0.05) is 13.0 Å². The Labute approximate surface area is 124 Å². The van der Waals surface area contributed by atoms with Gasteiger partial charge in [-0.2, -0.15) is 0 Å². The highest BCUT2D eigenvalue weighted by Gasteiger charge is 2.17. The lowest BCUT2D eigenvalue weighted by atomic mass is 10.3. The summed E-state index contributed by atoms with van der Waals surface area (Å²) in [6, 6.07) is 8.10. The number of carboxylic acid groups (broad SMARTS) is 1. The summed E-state index contributed by atoms with van der Waals surface area (Å²) in [5.74, 6) is 0.323. The van der Waals surface area contributed by atoms with E-state index in [4.69, 9.17) is 10.1 Å². The molecule has 3 rings (SSSR count). The fraction of sp³-hybridized carbons (Fsp3) is 0.500. The van der Waals surface area contributed by atoms with E-state index in [0.29, 0.717) is 6.42 Å². The van der Waals surface area contributed by atoms with Crippen LogP contribution in [-0.4, -0.2) is 38.6 Å². The Bertz CT molecular complexity index is 629. The van der Waals surface area contributed by atoms with Gasteiger partial charge in [-0.3, -0.25) is 9.69 Å². The molecule has 5 nitrogen and oxygen atoms in total. The summed E-state index contributed by atoms with van der Waals surface area (Å²) < 4.78 is 2.19. The monoisotopic (exact) mass is 287 g/mol. The Morgan fingerprint density at radius 1 is 1.24 bits per heavy atom. The van der Waals surface area contributed by atoms with Crippen LogP contribution in [0.15, 0.2) is 24.3 Å². The van der Waals surface area contributed by atoms with Crippen molar-refractivity contribution in [2.75, 3.05) is 13.1 Å². The van der Waals surface area contributed by atoms with Crippen molar-refractivity contribution in [2.45, 2.75) is 38.8 Å². The van der Waals surface area contributed by atoms with Crippen molar-refractivity contribution in [3.8, 4) is 0 Å². The maximum Gasteiger partial charge on any atom is 0.303 e. The second kappa shape index (κ2) is 6.26. The average Bonchev–Trinajstić information content (AvgIpc) is 3.07. The summed E-state index contributed by atoms with van der Waals surface area (Å²) in [6.45, 7) is 3.86. The number of fused-ring (bicyclic) bond motifs is 1. The lowest BCUT2D eigenvalue weighted by molar-refractivity contribution is -0.137. The lowest BCUT2D eigenvalue weighted by Gasteiger charge is -2.15. The minimum Gasteiger partial charge on any atom is -0.481 e. The molecule has 1 fully saturated rings. The first kappa shape index (κ1) is 14.1. The van der Waals surface area contributed by atoms with E-state index >= 15 is 0 Å². The van der Waals surface area contributed by atoms with Gasteiger partial charge in [0.15, 0.2) is 0 Å². The highest BCUT2D eigenvalue weighted by Crippen LogP contribution is 2.20. The van der Waals surface area contributed by atoms with Crippen molar-refractivity contribution in [2.24, 2.45) is 0 Å². The lowest BCUT2D eigenvalue weighted by Crippen LogP contribution is -2.21. The van der Waals surface area contributed by atoms with Gasteiger partial charge in [0.25, 0.3) is 0 Å². The summed E-state index contributed by atoms with van der Waals surface area (Å²) in [7, 11) is 0. The zero-order valence-corrected chi connectivity index (χ0v) is 12.2. The molecule has 1 aromatic heterocycles. The standard InChI is InChI=1S/C16H21N3O2/c20-16(21)8-5-11-19-14-7-2-1-6-13(14)17-15(19)12-18-9-3-4-10-18/h1-2,6-7H,3-5,8-12H2,(H,20,21). The molecule has 1 N–H and O–H groups in total. The first-order chi connectivity index (χ1) is 10.2. The molecule has 0 spiro atoms. The molecule has 0 bridgehead atoms. The van der Waals surface area contributed by atoms with E-state index < -0.39 is 5.97 Å². The van der Waals surface area contributed by atoms with E-state index in [1.54, 1.807) is 0 Å². The van der Waals surface area contributed by atoms with Gasteiger partial charge < -0.3 is 9.67 Å². The molecule has 1 aromatic carbocycles. The molecule has 2 heterocycles. The molecule has 2 aromatic rings. The number of carbonyl (C=O) groups is 1. The van der Waals surface area contributed by atoms with Crippen molar-refractivity contribution in [3.05, 3.63) is 30.1 Å². The van der Waals surface area contributed by atoms with Crippen LogP contribution >= 0.6 is 0 Å². The molecule has 5 heteroatoms. The van der Waals surface area contributed by atoms with Crippen LogP contribution in [-0.2, 0) is 17.9 Å². The Morgan fingerprint density at radius 2 is 2.00 bits per heavy atom. The van der Waals surface area contributed by atoms with E-state index in [0.717, 1.165) is 43.0 Å². The van der Waals surface area contributed by atoms with Crippen molar-refractivity contribution in [1.82, 2.24) is 14.5 Å². The van der Waals surface area contributed by atoms with Crippen molar-refractivity contribution in [1.29, 1.82) is 0 Å². The number of imidazole rings is 1. The van der Waals surface area contributed by atoms with Gasteiger partial charge in [-0.05, 0) is 44.5 Å². The molecular formula is C16H21N3O2. The van der Waals surface area contributed by atoms with E-state index in [1.165, 1.54) is 12.8 Å². The fourth-order valence-electron chi connectivity index (χ4n) is 3.02. The third-order valence-electron chi connectivity index (χ3n) is 4.07. The topological polar surface area (TPSA) is 58.4 Å². The number of aliphatic carboxylic acids is 1. The van der Waals surface area contributed by atoms with Crippen LogP contribution in [0.25, 0.3) is 11.0 Å². The van der Waals surface area contributed by atoms with Gasteiger partial charge in [-0.15, -0.1) is 0 Å². The molecule has 21 heavy (non-hydrogen) atoms. The van der Waals surface area contributed by atoms with E-state index in [1.807, 2.05) is 18.2 Å². The number of aromatic nitrogens is 2. The van der Waals surface area contributed by atoms with Crippen LogP contribution in [0.1, 0.15) is 31.5 Å². The van der Waals surface area contributed by atoms with Crippen LogP contribution < -0.4 is 0 Å². The third kappa shape index (κ3) is 3.24. The third-order valence-corrected chi connectivity index (χ3v) is 4.07. The van der Waals surface area contributed by atoms with Crippen LogP contribution in [0.3, 0.4) is 0 Å². The fourth-order valence-corrected chi connectivity index (χ4v) is 3.02. The number of para-hydroxylation sites is 2. The van der Waals surface area contributed by atoms with Crippen LogP contribution in [0.2, 0.25) is 0 Å². The van der Waals surface area contributed by atoms with Crippen LogP contribution in [0, 0.1) is 0 Å². The summed E-state index contributed by atoms with van der Waals surface area (Å²) in [4.78, 5) is 17.9. The number of likely N-dealkylation sites (tertiary alicyclic amines) is 1. The van der Waals surface area contributed by atoms with Gasteiger partial charge in [-0.1, -0.05) is 12.1 Å². The van der Waals surface area contributed by atoms with Crippen LogP contribution in [0.4, 0.5) is 0 Å². The second-order valence-electron chi connectivity index (χ2n) is 5.65. The molecule has 1 aliphatic heterocycles. The summed E-state index contributed by atoms with van der Waals surface area (Å²) in [5, 5.41) is 8.82. The normalized spacial score (nSPS) is 15.8. The Kier molecular flexibility index (Phi) is 4.20. The highest BCUT2D eigenvalue weighted by atomic mass is 16.4.